The quantitative estimate of drug-likeness (QED) is 0.815. The molecule has 1 aliphatic heterocycles. The summed E-state index contributed by atoms with van der Waals surface area (Å²) in [4.78, 5) is 16.8. The Morgan fingerprint density at radius 1 is 1.28 bits per heavy atom. The molecule has 0 radical (unpaired) electrons. The number of methoxy groups -OCH3 is 1. The van der Waals surface area contributed by atoms with Crippen molar-refractivity contribution in [3.05, 3.63) is 70.0 Å². The molecule has 1 aliphatic rings. The fourth-order valence-corrected chi connectivity index (χ4v) is 3.20. The third-order valence-corrected chi connectivity index (χ3v) is 4.39. The number of aryl methyl sites for hydroxylation is 1. The van der Waals surface area contributed by atoms with Crippen molar-refractivity contribution in [2.75, 3.05) is 7.11 Å². The highest BCUT2D eigenvalue weighted by Crippen LogP contribution is 2.40. The molecule has 1 aromatic heterocycles. The Labute approximate surface area is 147 Å². The van der Waals surface area contributed by atoms with Crippen LogP contribution in [0.4, 0.5) is 10.1 Å². The zero-order valence-corrected chi connectivity index (χ0v) is 14.3. The molecule has 128 valence electrons. The smallest absolute Gasteiger partial charge is 0.344 e. The van der Waals surface area contributed by atoms with Crippen LogP contribution in [0, 0.1) is 12.7 Å². The summed E-state index contributed by atoms with van der Waals surface area (Å²) in [7, 11) is 1.22. The van der Waals surface area contributed by atoms with Gasteiger partial charge in [0.15, 0.2) is 0 Å². The van der Waals surface area contributed by atoms with Gasteiger partial charge in [0.25, 0.3) is 0 Å². The van der Waals surface area contributed by atoms with E-state index in [1.54, 1.807) is 25.1 Å². The molecule has 0 aliphatic carbocycles. The molecule has 7 heteroatoms. The number of esters is 1. The maximum absolute atomic E-state index is 13.0. The Balaban J connectivity index is 2.02. The van der Waals surface area contributed by atoms with Crippen molar-refractivity contribution in [2.24, 2.45) is 4.99 Å². The van der Waals surface area contributed by atoms with Gasteiger partial charge in [-0.3, -0.25) is 0 Å². The summed E-state index contributed by atoms with van der Waals surface area (Å²) in [5.41, 5.74) is 0.416. The van der Waals surface area contributed by atoms with Gasteiger partial charge in [-0.25, -0.2) is 14.2 Å². The van der Waals surface area contributed by atoms with E-state index in [1.807, 2.05) is 0 Å². The van der Waals surface area contributed by atoms with Crippen LogP contribution >= 0.6 is 11.8 Å². The molecule has 0 amide bonds. The van der Waals surface area contributed by atoms with E-state index >= 15 is 0 Å². The maximum atomic E-state index is 13.0. The first-order valence-corrected chi connectivity index (χ1v) is 8.12. The van der Waals surface area contributed by atoms with Crippen LogP contribution in [0.25, 0.3) is 6.08 Å². The Bertz CT molecular complexity index is 909. The van der Waals surface area contributed by atoms with Gasteiger partial charge in [0, 0.05) is 0 Å². The first-order chi connectivity index (χ1) is 12.0. The molecule has 2 heterocycles. The van der Waals surface area contributed by atoms with Crippen molar-refractivity contribution in [1.82, 2.24) is 0 Å². The van der Waals surface area contributed by atoms with Crippen LogP contribution in [-0.4, -0.2) is 23.2 Å². The van der Waals surface area contributed by atoms with Gasteiger partial charge in [-0.1, -0.05) is 11.8 Å². The minimum absolute atomic E-state index is 0.0358. The maximum Gasteiger partial charge on any atom is 0.344 e. The fraction of sp³-hybridized carbons (Fsp3) is 0.111. The fourth-order valence-electron chi connectivity index (χ4n) is 2.18. The Morgan fingerprint density at radius 3 is 2.60 bits per heavy atom. The van der Waals surface area contributed by atoms with Crippen LogP contribution in [0.3, 0.4) is 0 Å². The summed E-state index contributed by atoms with van der Waals surface area (Å²) in [6.07, 6.45) is 1.61. The van der Waals surface area contributed by atoms with E-state index in [1.165, 1.54) is 31.4 Å². The lowest BCUT2D eigenvalue weighted by Gasteiger charge is -2.01. The van der Waals surface area contributed by atoms with Crippen molar-refractivity contribution < 1.29 is 23.4 Å². The van der Waals surface area contributed by atoms with E-state index in [0.717, 1.165) is 17.5 Å². The number of thioether (sulfide) groups is 1. The molecule has 0 saturated carbocycles. The number of nitrogens with zero attached hydrogens (tertiary/aromatic N) is 1. The van der Waals surface area contributed by atoms with Gasteiger partial charge in [-0.15, -0.1) is 0 Å². The summed E-state index contributed by atoms with van der Waals surface area (Å²) in [5.74, 6) is -0.0504. The van der Waals surface area contributed by atoms with Crippen LogP contribution in [0.2, 0.25) is 0 Å². The Morgan fingerprint density at radius 2 is 2.00 bits per heavy atom. The average Bonchev–Trinajstić information content (AvgIpc) is 3.13. The highest BCUT2D eigenvalue weighted by molar-refractivity contribution is 8.18. The number of carbonyl (C=O) groups is 1. The predicted octanol–water partition coefficient (Wildman–Crippen LogP) is 4.53. The molecule has 1 N–H and O–H groups in total. The standard InChI is InChI=1S/C18H14FNO4S/c1-10-3-8-13(24-10)9-14-16(21)15(18(22)23-2)17(25-14)20-12-6-4-11(19)5-7-12/h3-9,21H,1-2H3/b14-9-,20-17?. The number of halogens is 1. The molecular formula is C18H14FNO4S. The van der Waals surface area contributed by atoms with Gasteiger partial charge >= 0.3 is 5.97 Å². The number of hydrogen-bond donors (Lipinski definition) is 1. The monoisotopic (exact) mass is 359 g/mol. The number of aliphatic hydroxyl groups is 1. The van der Waals surface area contributed by atoms with E-state index in [2.05, 4.69) is 4.99 Å². The van der Waals surface area contributed by atoms with E-state index in [4.69, 9.17) is 9.15 Å². The van der Waals surface area contributed by atoms with Crippen molar-refractivity contribution in [2.45, 2.75) is 6.92 Å². The van der Waals surface area contributed by atoms with Crippen LogP contribution in [0.1, 0.15) is 11.5 Å². The van der Waals surface area contributed by atoms with Crippen LogP contribution in [0.15, 0.2) is 62.0 Å². The van der Waals surface area contributed by atoms with E-state index in [-0.39, 0.29) is 22.2 Å². The number of benzene rings is 1. The van der Waals surface area contributed by atoms with Crippen LogP contribution in [-0.2, 0) is 9.53 Å². The lowest BCUT2D eigenvalue weighted by molar-refractivity contribution is -0.135. The number of furan rings is 1. The average molecular weight is 359 g/mol. The molecule has 5 nitrogen and oxygen atoms in total. The van der Waals surface area contributed by atoms with Gasteiger partial charge in [-0.2, -0.15) is 0 Å². The van der Waals surface area contributed by atoms with Gasteiger partial charge in [0.1, 0.15) is 33.7 Å². The second kappa shape index (κ2) is 6.98. The Kier molecular flexibility index (Phi) is 4.76. The van der Waals surface area contributed by atoms with E-state index in [9.17, 15) is 14.3 Å². The number of hydrogen-bond acceptors (Lipinski definition) is 6. The first kappa shape index (κ1) is 17.0. The van der Waals surface area contributed by atoms with Crippen molar-refractivity contribution >= 4 is 34.5 Å². The summed E-state index contributed by atoms with van der Waals surface area (Å²) in [5, 5.41) is 10.7. The lowest BCUT2D eigenvalue weighted by atomic mass is 10.2. The zero-order chi connectivity index (χ0) is 18.0. The summed E-state index contributed by atoms with van der Waals surface area (Å²) in [6, 6.07) is 9.04. The molecule has 2 aromatic rings. The zero-order valence-electron chi connectivity index (χ0n) is 13.4. The van der Waals surface area contributed by atoms with Gasteiger partial charge < -0.3 is 14.3 Å². The molecule has 25 heavy (non-hydrogen) atoms. The minimum atomic E-state index is -0.704. The topological polar surface area (TPSA) is 72.0 Å². The van der Waals surface area contributed by atoms with Gasteiger partial charge in [0.2, 0.25) is 0 Å². The minimum Gasteiger partial charge on any atom is -0.506 e. The normalized spacial score (nSPS) is 17.6. The molecule has 0 fully saturated rings. The summed E-state index contributed by atoms with van der Waals surface area (Å²) in [6.45, 7) is 1.81. The molecule has 0 unspecified atom stereocenters. The second-order valence-corrected chi connectivity index (χ2v) is 6.20. The van der Waals surface area contributed by atoms with Crippen LogP contribution in [0.5, 0.6) is 0 Å². The highest BCUT2D eigenvalue weighted by Gasteiger charge is 2.33. The molecule has 0 spiro atoms. The first-order valence-electron chi connectivity index (χ1n) is 7.30. The van der Waals surface area contributed by atoms with E-state index in [0.29, 0.717) is 16.4 Å². The molecule has 1 aromatic carbocycles. The van der Waals surface area contributed by atoms with Crippen molar-refractivity contribution in [3.63, 3.8) is 0 Å². The van der Waals surface area contributed by atoms with Crippen molar-refractivity contribution in [3.8, 4) is 0 Å². The second-order valence-electron chi connectivity index (χ2n) is 5.17. The number of aliphatic imine (C=N–C) groups is 1. The number of ether oxygens (including phenoxy) is 1. The Hall–Kier alpha value is -2.80. The SMILES string of the molecule is COC(=O)C1=C(O)/C(=C/c2ccc(C)o2)SC1=Nc1ccc(F)cc1. The third-order valence-electron chi connectivity index (χ3n) is 3.37. The van der Waals surface area contributed by atoms with Crippen LogP contribution < -0.4 is 0 Å². The summed E-state index contributed by atoms with van der Waals surface area (Å²) < 4.78 is 23.2. The van der Waals surface area contributed by atoms with Crippen molar-refractivity contribution in [1.29, 1.82) is 0 Å². The number of rotatable bonds is 3. The van der Waals surface area contributed by atoms with E-state index < -0.39 is 5.97 Å². The third kappa shape index (κ3) is 3.66. The largest absolute Gasteiger partial charge is 0.506 e. The molecule has 0 bridgehead atoms. The molecule has 0 saturated heterocycles. The predicted molar refractivity (Wildman–Crippen MR) is 94.2 cm³/mol. The lowest BCUT2D eigenvalue weighted by Crippen LogP contribution is -2.10. The molecule has 3 rings (SSSR count). The number of aliphatic hydroxyl groups excluding tert-OH is 1. The highest BCUT2D eigenvalue weighted by atomic mass is 32.2. The van der Waals surface area contributed by atoms with Gasteiger partial charge in [0.05, 0.1) is 17.7 Å². The number of carbonyl (C=O) groups excluding carboxylic acids is 1. The molecular weight excluding hydrogens is 345 g/mol. The summed E-state index contributed by atoms with van der Waals surface area (Å²) >= 11 is 1.11. The van der Waals surface area contributed by atoms with Gasteiger partial charge in [-0.05, 0) is 49.4 Å². The molecule has 0 atom stereocenters.